The third-order valence-corrected chi connectivity index (χ3v) is 3.60. The number of hydrogen-bond donors (Lipinski definition) is 5. The molecule has 0 bridgehead atoms. The van der Waals surface area contributed by atoms with Crippen LogP contribution in [0.25, 0.3) is 0 Å². The summed E-state index contributed by atoms with van der Waals surface area (Å²) in [5.74, 6) is -0.558. The number of ether oxygens (including phenoxy) is 1. The van der Waals surface area contributed by atoms with E-state index in [4.69, 9.17) is 9.84 Å². The van der Waals surface area contributed by atoms with Crippen LogP contribution in [-0.2, 0) is 14.9 Å². The van der Waals surface area contributed by atoms with Crippen molar-refractivity contribution in [2.24, 2.45) is 0 Å². The monoisotopic (exact) mass is 323 g/mol. The molecule has 1 saturated heterocycles. The molecule has 114 valence electrons. The molecule has 1 unspecified atom stereocenters. The average Bonchev–Trinajstić information content (AvgIpc) is 2.33. The van der Waals surface area contributed by atoms with E-state index in [2.05, 4.69) is 5.32 Å². The van der Waals surface area contributed by atoms with E-state index in [1.165, 1.54) is 0 Å². The molecule has 9 nitrogen and oxygen atoms in total. The van der Waals surface area contributed by atoms with Crippen LogP contribution in [0.4, 0.5) is 0 Å². The van der Waals surface area contributed by atoms with Crippen LogP contribution >= 0.6 is 0 Å². The Kier molecular flexibility index (Phi) is 9.26. The molecule has 11 heteroatoms. The second-order valence-electron chi connectivity index (χ2n) is 4.32. The summed E-state index contributed by atoms with van der Waals surface area (Å²) < 4.78 is 36.2. The van der Waals surface area contributed by atoms with E-state index in [-0.39, 0.29) is 42.5 Å². The van der Waals surface area contributed by atoms with Crippen LogP contribution in [0.1, 0.15) is 6.42 Å². The van der Waals surface area contributed by atoms with Gasteiger partial charge in [-0.05, 0) is 13.0 Å². The smallest absolute Gasteiger partial charge is 0.748 e. The van der Waals surface area contributed by atoms with Gasteiger partial charge in [-0.1, -0.05) is 0 Å². The first-order valence-electron chi connectivity index (χ1n) is 5.73. The Morgan fingerprint density at radius 3 is 2.25 bits per heavy atom. The van der Waals surface area contributed by atoms with Crippen molar-refractivity contribution in [1.29, 1.82) is 0 Å². The number of rotatable bonds is 6. The van der Waals surface area contributed by atoms with Crippen LogP contribution in [0.2, 0.25) is 0 Å². The van der Waals surface area contributed by atoms with Crippen molar-refractivity contribution in [3.63, 3.8) is 0 Å². The van der Waals surface area contributed by atoms with Gasteiger partial charge >= 0.3 is 29.6 Å². The van der Waals surface area contributed by atoms with Gasteiger partial charge in [0.25, 0.3) is 0 Å². The molecule has 0 saturated carbocycles. The molecular weight excluding hydrogens is 305 g/mol. The van der Waals surface area contributed by atoms with Crippen molar-refractivity contribution in [1.82, 2.24) is 5.32 Å². The first kappa shape index (κ1) is 20.7. The molecule has 1 aliphatic heterocycles. The molecule has 0 spiro atoms. The van der Waals surface area contributed by atoms with Crippen LogP contribution in [-0.4, -0.2) is 82.9 Å². The minimum Gasteiger partial charge on any atom is -0.748 e. The predicted octanol–water partition coefficient (Wildman–Crippen LogP) is -6.68. The Bertz CT molecular complexity index is 378. The number of hydrogen-bond acceptors (Lipinski definition) is 9. The van der Waals surface area contributed by atoms with Gasteiger partial charge in [0.2, 0.25) is 0 Å². The van der Waals surface area contributed by atoms with Gasteiger partial charge in [0, 0.05) is 5.75 Å². The van der Waals surface area contributed by atoms with Crippen LogP contribution < -0.4 is 34.9 Å². The standard InChI is InChI=1S/C9H19NO8S.Na/c11-4-5-6(12)7(13)8(14)9(18-5)10-2-1-3-19(15,16)17;/h5-14H,1-4H2,(H,15,16,17);/q;+1/p-1/t5-,6-,7+,8-,9?;/m1./s1. The molecular formula is C9H18NNaO8S. The van der Waals surface area contributed by atoms with E-state index in [9.17, 15) is 28.3 Å². The van der Waals surface area contributed by atoms with Crippen molar-refractivity contribution in [3.05, 3.63) is 0 Å². The molecule has 0 aromatic rings. The third kappa shape index (κ3) is 6.20. The molecule has 20 heavy (non-hydrogen) atoms. The molecule has 0 aromatic heterocycles. The van der Waals surface area contributed by atoms with Crippen molar-refractivity contribution < 1.29 is 67.7 Å². The summed E-state index contributed by atoms with van der Waals surface area (Å²) in [6, 6.07) is 0. The average molecular weight is 323 g/mol. The quantitative estimate of drug-likeness (QED) is 0.182. The van der Waals surface area contributed by atoms with Gasteiger partial charge in [-0.3, -0.25) is 5.32 Å². The fourth-order valence-electron chi connectivity index (χ4n) is 1.76. The zero-order chi connectivity index (χ0) is 14.6. The SMILES string of the molecule is O=S(=O)([O-])CCCNC1O[C@H](CO)[C@@H](O)[C@H](O)[C@H]1O.[Na+]. The van der Waals surface area contributed by atoms with Crippen molar-refractivity contribution in [3.8, 4) is 0 Å². The van der Waals surface area contributed by atoms with E-state index in [0.29, 0.717) is 0 Å². The minimum absolute atomic E-state index is 0. The van der Waals surface area contributed by atoms with Gasteiger partial charge in [0.05, 0.1) is 16.7 Å². The minimum atomic E-state index is -4.30. The second-order valence-corrected chi connectivity index (χ2v) is 5.84. The molecule has 1 aliphatic rings. The molecule has 0 aliphatic carbocycles. The molecule has 0 amide bonds. The van der Waals surface area contributed by atoms with Crippen LogP contribution in [0.15, 0.2) is 0 Å². The van der Waals surface area contributed by atoms with Gasteiger partial charge in [0.1, 0.15) is 30.6 Å². The van der Waals surface area contributed by atoms with Gasteiger partial charge in [-0.2, -0.15) is 0 Å². The number of nitrogens with one attached hydrogen (secondary N) is 1. The summed E-state index contributed by atoms with van der Waals surface area (Å²) in [5.41, 5.74) is 0. The zero-order valence-corrected chi connectivity index (χ0v) is 13.9. The van der Waals surface area contributed by atoms with Crippen LogP contribution in [0.3, 0.4) is 0 Å². The van der Waals surface area contributed by atoms with E-state index < -0.39 is 53.1 Å². The van der Waals surface area contributed by atoms with Crippen molar-refractivity contribution in [2.45, 2.75) is 37.1 Å². The fourth-order valence-corrected chi connectivity index (χ4v) is 2.26. The first-order chi connectivity index (χ1) is 8.76. The van der Waals surface area contributed by atoms with Crippen molar-refractivity contribution >= 4 is 10.1 Å². The van der Waals surface area contributed by atoms with Crippen LogP contribution in [0.5, 0.6) is 0 Å². The zero-order valence-electron chi connectivity index (χ0n) is 11.0. The molecule has 1 rings (SSSR count). The molecule has 1 fully saturated rings. The molecule has 5 atom stereocenters. The summed E-state index contributed by atoms with van der Waals surface area (Å²) in [5, 5.41) is 40.1. The normalized spacial score (nSPS) is 34.5. The third-order valence-electron chi connectivity index (χ3n) is 2.81. The predicted molar refractivity (Wildman–Crippen MR) is 61.0 cm³/mol. The largest absolute Gasteiger partial charge is 1.00 e. The Labute approximate surface area is 139 Å². The Morgan fingerprint density at radius 1 is 1.15 bits per heavy atom. The van der Waals surface area contributed by atoms with E-state index in [0.717, 1.165) is 0 Å². The topological polar surface area (TPSA) is 159 Å². The van der Waals surface area contributed by atoms with Crippen molar-refractivity contribution in [2.75, 3.05) is 18.9 Å². The van der Waals surface area contributed by atoms with Gasteiger partial charge in [-0.15, -0.1) is 0 Å². The Morgan fingerprint density at radius 2 is 1.75 bits per heavy atom. The van der Waals surface area contributed by atoms with Crippen LogP contribution in [0, 0.1) is 0 Å². The summed E-state index contributed by atoms with van der Waals surface area (Å²) in [7, 11) is -4.30. The van der Waals surface area contributed by atoms with E-state index in [1.807, 2.05) is 0 Å². The Hall–Kier alpha value is 0.670. The maximum absolute atomic E-state index is 10.4. The van der Waals surface area contributed by atoms with Gasteiger partial charge in [-0.25, -0.2) is 8.42 Å². The maximum atomic E-state index is 10.4. The molecule has 1 heterocycles. The summed E-state index contributed by atoms with van der Waals surface area (Å²) in [4.78, 5) is 0. The first-order valence-corrected chi connectivity index (χ1v) is 7.31. The molecule has 5 N–H and O–H groups in total. The van der Waals surface area contributed by atoms with E-state index in [1.54, 1.807) is 0 Å². The van der Waals surface area contributed by atoms with Gasteiger partial charge in [0.15, 0.2) is 0 Å². The summed E-state index contributed by atoms with van der Waals surface area (Å²) >= 11 is 0. The fraction of sp³-hybridized carbons (Fsp3) is 1.00. The number of aliphatic hydroxyl groups is 4. The Balaban J connectivity index is 0.00000361. The summed E-state index contributed by atoms with van der Waals surface area (Å²) in [6.07, 6.45) is -6.45. The van der Waals surface area contributed by atoms with Gasteiger partial charge < -0.3 is 29.7 Å². The molecule has 0 radical (unpaired) electrons. The second kappa shape index (κ2) is 8.96. The molecule has 0 aromatic carbocycles. The number of aliphatic hydroxyl groups excluding tert-OH is 4. The maximum Gasteiger partial charge on any atom is 1.00 e. The van der Waals surface area contributed by atoms with E-state index >= 15 is 0 Å². The summed E-state index contributed by atoms with van der Waals surface area (Å²) in [6.45, 7) is -0.484.